The Kier molecular flexibility index (Phi) is 8.06. The molecule has 0 saturated carbocycles. The Bertz CT molecular complexity index is 1580. The number of aliphatic hydroxyl groups is 1. The molecule has 0 radical (unpaired) electrons. The number of oxazole rings is 1. The molecule has 4 heterocycles. The molecule has 2 atom stereocenters. The summed E-state index contributed by atoms with van der Waals surface area (Å²) < 4.78 is 7.26. The number of aromatic nitrogens is 3. The molecule has 3 N–H and O–H groups in total. The number of nitriles is 1. The van der Waals surface area contributed by atoms with Crippen LogP contribution >= 0.6 is 11.3 Å². The summed E-state index contributed by atoms with van der Waals surface area (Å²) >= 11 is 1.28. The molecule has 1 aliphatic heterocycles. The van der Waals surface area contributed by atoms with E-state index in [0.717, 1.165) is 28.8 Å². The summed E-state index contributed by atoms with van der Waals surface area (Å²) in [5.41, 5.74) is 2.39. The average Bonchev–Trinajstić information content (AvgIpc) is 3.78. The molecule has 11 nitrogen and oxygen atoms in total. The Hall–Kier alpha value is -4.31. The van der Waals surface area contributed by atoms with Crippen molar-refractivity contribution in [1.82, 2.24) is 24.8 Å². The minimum Gasteiger partial charge on any atom is -0.443 e. The van der Waals surface area contributed by atoms with E-state index in [0.29, 0.717) is 41.7 Å². The fourth-order valence-corrected chi connectivity index (χ4v) is 5.59. The summed E-state index contributed by atoms with van der Waals surface area (Å²) in [6.07, 6.45) is 4.50. The van der Waals surface area contributed by atoms with Gasteiger partial charge in [-0.3, -0.25) is 14.9 Å². The molecule has 1 aromatic carbocycles. The summed E-state index contributed by atoms with van der Waals surface area (Å²) in [4.78, 5) is 37.7. The highest BCUT2D eigenvalue weighted by Crippen LogP contribution is 2.30. The first kappa shape index (κ1) is 27.3. The minimum atomic E-state index is -0.370. The molecule has 12 heteroatoms. The van der Waals surface area contributed by atoms with Crippen molar-refractivity contribution < 1.29 is 19.1 Å². The molecule has 206 valence electrons. The van der Waals surface area contributed by atoms with Crippen molar-refractivity contribution in [1.29, 1.82) is 5.26 Å². The predicted octanol–water partition coefficient (Wildman–Crippen LogP) is 3.55. The number of hydrogen-bond acceptors (Lipinski definition) is 9. The van der Waals surface area contributed by atoms with Crippen LogP contribution in [0.1, 0.15) is 35.0 Å². The number of rotatable bonds is 10. The smallest absolute Gasteiger partial charge is 0.268 e. The summed E-state index contributed by atoms with van der Waals surface area (Å²) in [7, 11) is 0. The van der Waals surface area contributed by atoms with Gasteiger partial charge in [0.2, 0.25) is 5.95 Å². The fraction of sp³-hybridized carbons (Fsp3) is 0.321. The van der Waals surface area contributed by atoms with Gasteiger partial charge in [0.15, 0.2) is 12.2 Å². The number of aliphatic hydroxyl groups excluding tert-OH is 1. The number of hydrogen-bond donors (Lipinski definition) is 3. The number of thiophene rings is 1. The van der Waals surface area contributed by atoms with Crippen LogP contribution in [0.2, 0.25) is 0 Å². The van der Waals surface area contributed by atoms with E-state index in [9.17, 15) is 20.0 Å². The van der Waals surface area contributed by atoms with Gasteiger partial charge >= 0.3 is 0 Å². The van der Waals surface area contributed by atoms with Gasteiger partial charge in [0.1, 0.15) is 11.6 Å². The predicted molar refractivity (Wildman–Crippen MR) is 150 cm³/mol. The van der Waals surface area contributed by atoms with Crippen LogP contribution in [0.15, 0.2) is 59.5 Å². The Morgan fingerprint density at radius 3 is 2.95 bits per heavy atom. The van der Waals surface area contributed by atoms with Crippen LogP contribution in [0.3, 0.4) is 0 Å². The van der Waals surface area contributed by atoms with Crippen molar-refractivity contribution in [3.63, 3.8) is 0 Å². The molecule has 2 amide bonds. The molecular weight excluding hydrogens is 530 g/mol. The summed E-state index contributed by atoms with van der Waals surface area (Å²) in [5.74, 6) is 0.257. The van der Waals surface area contributed by atoms with Crippen LogP contribution in [-0.2, 0) is 17.9 Å². The number of amides is 2. The van der Waals surface area contributed by atoms with Gasteiger partial charge in [-0.2, -0.15) is 5.26 Å². The molecule has 0 aliphatic carbocycles. The van der Waals surface area contributed by atoms with E-state index in [1.165, 1.54) is 17.7 Å². The van der Waals surface area contributed by atoms with Gasteiger partial charge in [0.05, 0.1) is 39.6 Å². The minimum absolute atomic E-state index is 0.0305. The molecule has 0 bridgehead atoms. The van der Waals surface area contributed by atoms with E-state index in [4.69, 9.17) is 9.40 Å². The first-order valence-corrected chi connectivity index (χ1v) is 13.7. The lowest BCUT2D eigenvalue weighted by Crippen LogP contribution is -2.38. The maximum atomic E-state index is 13.3. The summed E-state index contributed by atoms with van der Waals surface area (Å²) in [5, 5.41) is 24.7. The first-order chi connectivity index (χ1) is 19.4. The van der Waals surface area contributed by atoms with Crippen molar-refractivity contribution in [2.24, 2.45) is 0 Å². The van der Waals surface area contributed by atoms with E-state index >= 15 is 0 Å². The molecule has 40 heavy (non-hydrogen) atoms. The Labute approximate surface area is 234 Å². The quantitative estimate of drug-likeness (QED) is 0.197. The molecule has 4 aromatic rings. The number of anilines is 1. The third-order valence-corrected chi connectivity index (χ3v) is 7.99. The van der Waals surface area contributed by atoms with Crippen LogP contribution in [0.25, 0.3) is 21.7 Å². The third kappa shape index (κ3) is 5.67. The van der Waals surface area contributed by atoms with Crippen LogP contribution < -0.4 is 10.6 Å². The van der Waals surface area contributed by atoms with Crippen LogP contribution in [0, 0.1) is 11.3 Å². The Morgan fingerprint density at radius 2 is 2.20 bits per heavy atom. The number of imidazole rings is 1. The van der Waals surface area contributed by atoms with Gasteiger partial charge in [0, 0.05) is 25.7 Å². The lowest BCUT2D eigenvalue weighted by molar-refractivity contribution is -0.127. The zero-order valence-corrected chi connectivity index (χ0v) is 22.8. The van der Waals surface area contributed by atoms with E-state index < -0.39 is 0 Å². The van der Waals surface area contributed by atoms with Gasteiger partial charge in [-0.15, -0.1) is 11.3 Å². The van der Waals surface area contributed by atoms with Crippen LogP contribution in [-0.4, -0.2) is 61.6 Å². The SMILES string of the molecule is C=C(C#N)C(=O)N1CCC[C@@H]1Cn1c(NC(=O)c2ccc(-c3cnco3)s2)nc2cc(CN[C@H](C)CO)ccc21. The number of benzene rings is 1. The maximum Gasteiger partial charge on any atom is 0.268 e. The topological polar surface area (TPSA) is 149 Å². The van der Waals surface area contributed by atoms with E-state index in [1.54, 1.807) is 23.2 Å². The highest BCUT2D eigenvalue weighted by atomic mass is 32.1. The van der Waals surface area contributed by atoms with Crippen molar-refractivity contribution in [3.8, 4) is 16.7 Å². The third-order valence-electron chi connectivity index (χ3n) is 6.90. The number of carbonyl (C=O) groups is 2. The lowest BCUT2D eigenvalue weighted by Gasteiger charge is -2.25. The molecular formula is C28H29N7O4S. The molecule has 1 fully saturated rings. The van der Waals surface area contributed by atoms with Crippen molar-refractivity contribution >= 4 is 40.1 Å². The number of fused-ring (bicyclic) bond motifs is 1. The Morgan fingerprint density at radius 1 is 1.35 bits per heavy atom. The standard InChI is InChI=1S/C28H29N7O4S/c1-17(11-29)27(38)34-9-3-4-20(34)14-35-22-6-5-19(12-31-18(2)15-36)10-21(22)32-28(35)33-26(37)25-8-7-24(40-25)23-13-30-16-39-23/h5-8,10,13,16,18,20,31,36H,1,3-4,9,12,14-15H2,2H3,(H,32,33,37)/t18-,20-/m1/s1. The van der Waals surface area contributed by atoms with Crippen molar-refractivity contribution in [2.75, 3.05) is 18.5 Å². The monoisotopic (exact) mass is 559 g/mol. The molecule has 1 saturated heterocycles. The summed E-state index contributed by atoms with van der Waals surface area (Å²) in [6.45, 7) is 7.00. The number of nitrogens with zero attached hydrogens (tertiary/aromatic N) is 5. The highest BCUT2D eigenvalue weighted by Gasteiger charge is 2.31. The number of carbonyl (C=O) groups excluding carboxylic acids is 2. The summed E-state index contributed by atoms with van der Waals surface area (Å²) in [6, 6.07) is 11.0. The Balaban J connectivity index is 1.45. The second-order valence-electron chi connectivity index (χ2n) is 9.70. The van der Waals surface area contributed by atoms with Crippen molar-refractivity contribution in [3.05, 3.63) is 65.5 Å². The van der Waals surface area contributed by atoms with E-state index in [2.05, 4.69) is 22.2 Å². The lowest BCUT2D eigenvalue weighted by atomic mass is 10.1. The molecule has 3 aromatic heterocycles. The highest BCUT2D eigenvalue weighted by molar-refractivity contribution is 7.17. The average molecular weight is 560 g/mol. The van der Waals surface area contributed by atoms with Gasteiger partial charge in [-0.25, -0.2) is 9.97 Å². The van der Waals surface area contributed by atoms with Gasteiger partial charge < -0.3 is 24.3 Å². The zero-order valence-electron chi connectivity index (χ0n) is 22.0. The van der Waals surface area contributed by atoms with Gasteiger partial charge in [0.25, 0.3) is 11.8 Å². The second kappa shape index (κ2) is 11.8. The first-order valence-electron chi connectivity index (χ1n) is 12.9. The van der Waals surface area contributed by atoms with Crippen LogP contribution in [0.5, 0.6) is 0 Å². The largest absolute Gasteiger partial charge is 0.443 e. The van der Waals surface area contributed by atoms with Gasteiger partial charge in [-0.1, -0.05) is 12.6 Å². The second-order valence-corrected chi connectivity index (χ2v) is 10.8. The van der Waals surface area contributed by atoms with E-state index in [1.807, 2.05) is 35.8 Å². The molecule has 0 spiro atoms. The van der Waals surface area contributed by atoms with Crippen molar-refractivity contribution in [2.45, 2.75) is 44.9 Å². The molecule has 0 unspecified atom stereocenters. The molecule has 5 rings (SSSR count). The van der Waals surface area contributed by atoms with Crippen LogP contribution in [0.4, 0.5) is 5.95 Å². The number of nitrogens with one attached hydrogen (secondary N) is 2. The van der Waals surface area contributed by atoms with E-state index in [-0.39, 0.29) is 36.1 Å². The normalized spacial score (nSPS) is 15.7. The number of likely N-dealkylation sites (tertiary alicyclic amines) is 1. The fourth-order valence-electron chi connectivity index (χ4n) is 4.74. The zero-order chi connectivity index (χ0) is 28.2. The molecule has 1 aliphatic rings. The van der Waals surface area contributed by atoms with Gasteiger partial charge in [-0.05, 0) is 49.6 Å². The maximum absolute atomic E-state index is 13.3.